The summed E-state index contributed by atoms with van der Waals surface area (Å²) in [5.41, 5.74) is 0.0998. The Morgan fingerprint density at radius 1 is 1.10 bits per heavy atom. The Kier molecular flexibility index (Phi) is 4.10. The molecule has 0 atom stereocenters. The van der Waals surface area contributed by atoms with Crippen molar-refractivity contribution in [1.29, 1.82) is 0 Å². The number of rotatable bonds is 4. The molecular formula is C15H10F2O3. The van der Waals surface area contributed by atoms with Crippen molar-refractivity contribution in [3.05, 3.63) is 65.7 Å². The van der Waals surface area contributed by atoms with Gasteiger partial charge in [-0.25, -0.2) is 13.6 Å². The lowest BCUT2D eigenvalue weighted by Crippen LogP contribution is -1.94. The second-order valence-corrected chi connectivity index (χ2v) is 3.90. The lowest BCUT2D eigenvalue weighted by molar-refractivity contribution is -0.131. The quantitative estimate of drug-likeness (QED) is 0.863. The maximum atomic E-state index is 13.8. The number of carboxylic acid groups (broad SMARTS) is 1. The molecule has 3 nitrogen and oxygen atoms in total. The molecule has 0 aliphatic carbocycles. The molecule has 2 aromatic rings. The van der Waals surface area contributed by atoms with Crippen LogP contribution in [0.1, 0.15) is 5.56 Å². The normalized spacial score (nSPS) is 10.7. The molecule has 0 aromatic heterocycles. The first kappa shape index (κ1) is 13.7. The Bertz CT molecular complexity index is 628. The van der Waals surface area contributed by atoms with E-state index in [4.69, 9.17) is 9.84 Å². The highest BCUT2D eigenvalue weighted by Crippen LogP contribution is 2.28. The molecule has 0 unspecified atom stereocenters. The molecule has 0 spiro atoms. The predicted octanol–water partition coefficient (Wildman–Crippen LogP) is 3.85. The van der Waals surface area contributed by atoms with Crippen molar-refractivity contribution < 1.29 is 23.4 Å². The number of halogens is 2. The van der Waals surface area contributed by atoms with Gasteiger partial charge in [-0.1, -0.05) is 18.2 Å². The molecule has 0 aliphatic heterocycles. The van der Waals surface area contributed by atoms with E-state index in [1.165, 1.54) is 0 Å². The van der Waals surface area contributed by atoms with E-state index in [9.17, 15) is 13.6 Å². The summed E-state index contributed by atoms with van der Waals surface area (Å²) in [6.07, 6.45) is 1.90. The van der Waals surface area contributed by atoms with E-state index in [1.807, 2.05) is 0 Å². The average molecular weight is 276 g/mol. The lowest BCUT2D eigenvalue weighted by Gasteiger charge is -2.08. The van der Waals surface area contributed by atoms with Crippen LogP contribution >= 0.6 is 0 Å². The summed E-state index contributed by atoms with van der Waals surface area (Å²) in [4.78, 5) is 10.4. The van der Waals surface area contributed by atoms with Crippen LogP contribution in [0, 0.1) is 11.6 Å². The van der Waals surface area contributed by atoms with Gasteiger partial charge in [0.2, 0.25) is 0 Å². The van der Waals surface area contributed by atoms with Gasteiger partial charge in [-0.3, -0.25) is 0 Å². The molecule has 0 aliphatic rings. The standard InChI is InChI=1S/C15H10F2O3/c16-12-8-10(6-7-14(18)19)9-13(17)15(12)20-11-4-2-1-3-5-11/h1-9H,(H,18,19). The Morgan fingerprint density at radius 3 is 2.25 bits per heavy atom. The second kappa shape index (κ2) is 5.97. The molecule has 0 bridgehead atoms. The smallest absolute Gasteiger partial charge is 0.328 e. The minimum atomic E-state index is -1.20. The first-order chi connectivity index (χ1) is 9.56. The predicted molar refractivity (Wildman–Crippen MR) is 69.5 cm³/mol. The first-order valence-corrected chi connectivity index (χ1v) is 5.69. The number of benzene rings is 2. The van der Waals surface area contributed by atoms with Gasteiger partial charge in [-0.2, -0.15) is 0 Å². The summed E-state index contributed by atoms with van der Waals surface area (Å²) in [5.74, 6) is -3.23. The highest BCUT2D eigenvalue weighted by molar-refractivity contribution is 5.85. The van der Waals surface area contributed by atoms with E-state index in [0.717, 1.165) is 24.3 Å². The van der Waals surface area contributed by atoms with Crippen LogP contribution in [0.3, 0.4) is 0 Å². The zero-order valence-corrected chi connectivity index (χ0v) is 10.2. The molecule has 0 radical (unpaired) electrons. The third-order valence-corrected chi connectivity index (χ3v) is 2.40. The molecule has 2 aromatic carbocycles. The number of hydrogen-bond acceptors (Lipinski definition) is 2. The molecule has 0 amide bonds. The van der Waals surface area contributed by atoms with Crippen molar-refractivity contribution in [2.75, 3.05) is 0 Å². The third-order valence-electron chi connectivity index (χ3n) is 2.40. The van der Waals surface area contributed by atoms with Gasteiger partial charge in [0.25, 0.3) is 0 Å². The number of carboxylic acids is 1. The monoisotopic (exact) mass is 276 g/mol. The highest BCUT2D eigenvalue weighted by Gasteiger charge is 2.13. The summed E-state index contributed by atoms with van der Waals surface area (Å²) >= 11 is 0. The second-order valence-electron chi connectivity index (χ2n) is 3.90. The van der Waals surface area contributed by atoms with Crippen molar-refractivity contribution in [2.24, 2.45) is 0 Å². The molecule has 2 rings (SSSR count). The largest absolute Gasteiger partial charge is 0.478 e. The Hall–Kier alpha value is -2.69. The van der Waals surface area contributed by atoms with Crippen molar-refractivity contribution in [3.8, 4) is 11.5 Å². The van der Waals surface area contributed by atoms with Crippen LogP contribution in [-0.4, -0.2) is 11.1 Å². The Morgan fingerprint density at radius 2 is 1.70 bits per heavy atom. The summed E-state index contributed by atoms with van der Waals surface area (Å²) < 4.78 is 32.7. The first-order valence-electron chi connectivity index (χ1n) is 5.69. The van der Waals surface area contributed by atoms with E-state index in [0.29, 0.717) is 5.75 Å². The van der Waals surface area contributed by atoms with Crippen LogP contribution in [0.2, 0.25) is 0 Å². The lowest BCUT2D eigenvalue weighted by atomic mass is 10.2. The molecule has 5 heteroatoms. The van der Waals surface area contributed by atoms with Gasteiger partial charge in [0.1, 0.15) is 5.75 Å². The van der Waals surface area contributed by atoms with Crippen molar-refractivity contribution >= 4 is 12.0 Å². The molecule has 1 N–H and O–H groups in total. The van der Waals surface area contributed by atoms with Gasteiger partial charge in [-0.05, 0) is 35.9 Å². The molecule has 0 saturated carbocycles. The van der Waals surface area contributed by atoms with Gasteiger partial charge in [0.05, 0.1) is 0 Å². The Labute approximate surface area is 113 Å². The molecular weight excluding hydrogens is 266 g/mol. The molecule has 20 heavy (non-hydrogen) atoms. The van der Waals surface area contributed by atoms with Gasteiger partial charge in [0, 0.05) is 6.08 Å². The van der Waals surface area contributed by atoms with Crippen molar-refractivity contribution in [3.63, 3.8) is 0 Å². The van der Waals surface area contributed by atoms with E-state index >= 15 is 0 Å². The third kappa shape index (κ3) is 3.41. The highest BCUT2D eigenvalue weighted by atomic mass is 19.1. The zero-order valence-electron chi connectivity index (χ0n) is 10.2. The zero-order chi connectivity index (χ0) is 14.5. The fraction of sp³-hybridized carbons (Fsp3) is 0. The molecule has 0 saturated heterocycles. The summed E-state index contributed by atoms with van der Waals surface area (Å²) in [5, 5.41) is 8.46. The number of para-hydroxylation sites is 1. The van der Waals surface area contributed by atoms with E-state index in [1.54, 1.807) is 30.3 Å². The minimum Gasteiger partial charge on any atom is -0.478 e. The fourth-order valence-electron chi connectivity index (χ4n) is 1.55. The molecule has 102 valence electrons. The maximum absolute atomic E-state index is 13.8. The van der Waals surface area contributed by atoms with E-state index in [-0.39, 0.29) is 5.56 Å². The summed E-state index contributed by atoms with van der Waals surface area (Å²) in [6.45, 7) is 0. The maximum Gasteiger partial charge on any atom is 0.328 e. The number of ether oxygens (including phenoxy) is 1. The van der Waals surface area contributed by atoms with Crippen LogP contribution in [-0.2, 0) is 4.79 Å². The summed E-state index contributed by atoms with van der Waals surface area (Å²) in [6, 6.07) is 10.2. The number of carbonyl (C=O) groups is 1. The van der Waals surface area contributed by atoms with Crippen LogP contribution < -0.4 is 4.74 Å². The van der Waals surface area contributed by atoms with Gasteiger partial charge < -0.3 is 9.84 Å². The van der Waals surface area contributed by atoms with Gasteiger partial charge in [-0.15, -0.1) is 0 Å². The van der Waals surface area contributed by atoms with Crippen LogP contribution in [0.5, 0.6) is 11.5 Å². The van der Waals surface area contributed by atoms with E-state index in [2.05, 4.69) is 0 Å². The topological polar surface area (TPSA) is 46.5 Å². The average Bonchev–Trinajstić information content (AvgIpc) is 2.42. The van der Waals surface area contributed by atoms with Crippen LogP contribution in [0.25, 0.3) is 6.08 Å². The fourth-order valence-corrected chi connectivity index (χ4v) is 1.55. The summed E-state index contributed by atoms with van der Waals surface area (Å²) in [7, 11) is 0. The molecule has 0 heterocycles. The van der Waals surface area contributed by atoms with Gasteiger partial charge >= 0.3 is 5.97 Å². The van der Waals surface area contributed by atoms with Crippen LogP contribution in [0.4, 0.5) is 8.78 Å². The molecule has 0 fully saturated rings. The van der Waals surface area contributed by atoms with Crippen LogP contribution in [0.15, 0.2) is 48.5 Å². The minimum absolute atomic E-state index is 0.0998. The van der Waals surface area contributed by atoms with Crippen molar-refractivity contribution in [1.82, 2.24) is 0 Å². The van der Waals surface area contributed by atoms with Crippen molar-refractivity contribution in [2.45, 2.75) is 0 Å². The number of hydrogen-bond donors (Lipinski definition) is 1. The van der Waals surface area contributed by atoms with E-state index < -0.39 is 23.4 Å². The Balaban J connectivity index is 2.29. The SMILES string of the molecule is O=C(O)C=Cc1cc(F)c(Oc2ccccc2)c(F)c1. The van der Waals surface area contributed by atoms with Gasteiger partial charge in [0.15, 0.2) is 17.4 Å². The number of aliphatic carboxylic acids is 1.